The van der Waals surface area contributed by atoms with Crippen LogP contribution in [0, 0.1) is 13.8 Å². The molecule has 0 fully saturated rings. The van der Waals surface area contributed by atoms with Gasteiger partial charge in [-0.1, -0.05) is 36.4 Å². The Labute approximate surface area is 159 Å². The van der Waals surface area contributed by atoms with E-state index < -0.39 is 17.6 Å². The van der Waals surface area contributed by atoms with Gasteiger partial charge in [0.1, 0.15) is 0 Å². The molecule has 0 saturated carbocycles. The first-order chi connectivity index (χ1) is 12.8. The first-order valence-electron chi connectivity index (χ1n) is 8.94. The van der Waals surface area contributed by atoms with Gasteiger partial charge in [-0.3, -0.25) is 9.59 Å². The van der Waals surface area contributed by atoms with E-state index in [-0.39, 0.29) is 18.2 Å². The predicted molar refractivity (Wildman–Crippen MR) is 105 cm³/mol. The van der Waals surface area contributed by atoms with Gasteiger partial charge in [-0.05, 0) is 54.7 Å². The number of carbonyl (C=O) groups is 2. The largest absolute Gasteiger partial charge is 0.503 e. The standard InChI is InChI=1S/C22H24N2O3/c1-13-7-5-8-14(2)19(13)17-10-6-9-16(11-17)15(3)23-21(26)18-12-24(4)22(27)20(18)25/h5-11,15,25H,12H2,1-4H3,(H,23,26)/t15-/m1/s1. The average Bonchev–Trinajstić information content (AvgIpc) is 2.89. The highest BCUT2D eigenvalue weighted by Gasteiger charge is 2.32. The molecule has 2 aromatic rings. The van der Waals surface area contributed by atoms with Crippen molar-refractivity contribution in [2.75, 3.05) is 13.6 Å². The molecular weight excluding hydrogens is 340 g/mol. The number of likely N-dealkylation sites (N-methyl/N-ethyl adjacent to an activating group) is 1. The van der Waals surface area contributed by atoms with Crippen LogP contribution in [0.5, 0.6) is 0 Å². The van der Waals surface area contributed by atoms with Crippen molar-refractivity contribution in [3.63, 3.8) is 0 Å². The lowest BCUT2D eigenvalue weighted by atomic mass is 9.93. The van der Waals surface area contributed by atoms with Crippen molar-refractivity contribution in [1.82, 2.24) is 10.2 Å². The van der Waals surface area contributed by atoms with Crippen LogP contribution in [0.2, 0.25) is 0 Å². The van der Waals surface area contributed by atoms with Crippen LogP contribution < -0.4 is 5.32 Å². The number of nitrogens with zero attached hydrogens (tertiary/aromatic N) is 1. The second-order valence-electron chi connectivity index (χ2n) is 7.08. The third-order valence-electron chi connectivity index (χ3n) is 5.01. The number of aliphatic hydroxyl groups excluding tert-OH is 1. The summed E-state index contributed by atoms with van der Waals surface area (Å²) in [5, 5.41) is 12.7. The summed E-state index contributed by atoms with van der Waals surface area (Å²) >= 11 is 0. The van der Waals surface area contributed by atoms with Gasteiger partial charge in [0, 0.05) is 7.05 Å². The Morgan fingerprint density at radius 1 is 1.15 bits per heavy atom. The van der Waals surface area contributed by atoms with Crippen molar-refractivity contribution in [2.45, 2.75) is 26.8 Å². The Hall–Kier alpha value is -3.08. The van der Waals surface area contributed by atoms with Crippen LogP contribution in [-0.4, -0.2) is 35.4 Å². The van der Waals surface area contributed by atoms with E-state index in [9.17, 15) is 14.7 Å². The van der Waals surface area contributed by atoms with E-state index in [2.05, 4.69) is 43.4 Å². The number of hydrogen-bond donors (Lipinski definition) is 2. The van der Waals surface area contributed by atoms with E-state index in [0.717, 1.165) is 11.1 Å². The highest BCUT2D eigenvalue weighted by Crippen LogP contribution is 2.29. The molecule has 0 aliphatic carbocycles. The molecule has 0 spiro atoms. The number of hydrogen-bond acceptors (Lipinski definition) is 3. The van der Waals surface area contributed by atoms with Crippen molar-refractivity contribution in [3.05, 3.63) is 70.5 Å². The van der Waals surface area contributed by atoms with Crippen molar-refractivity contribution < 1.29 is 14.7 Å². The van der Waals surface area contributed by atoms with Gasteiger partial charge in [-0.25, -0.2) is 0 Å². The zero-order chi connectivity index (χ0) is 19.7. The SMILES string of the molecule is Cc1cccc(C)c1-c1cccc([C@@H](C)NC(=O)C2=C(O)C(=O)N(C)C2)c1. The minimum Gasteiger partial charge on any atom is -0.503 e. The van der Waals surface area contributed by atoms with E-state index in [1.165, 1.54) is 21.6 Å². The monoisotopic (exact) mass is 364 g/mol. The predicted octanol–water partition coefficient (Wildman–Crippen LogP) is 3.43. The van der Waals surface area contributed by atoms with E-state index in [1.807, 2.05) is 25.1 Å². The molecular formula is C22H24N2O3. The average molecular weight is 364 g/mol. The van der Waals surface area contributed by atoms with Crippen molar-refractivity contribution in [1.29, 1.82) is 0 Å². The molecule has 0 aromatic heterocycles. The number of aryl methyl sites for hydroxylation is 2. The van der Waals surface area contributed by atoms with Crippen LogP contribution in [-0.2, 0) is 9.59 Å². The summed E-state index contributed by atoms with van der Waals surface area (Å²) in [5.41, 5.74) is 5.77. The quantitative estimate of drug-likeness (QED) is 0.873. The van der Waals surface area contributed by atoms with Gasteiger partial charge in [0.15, 0.2) is 5.76 Å². The van der Waals surface area contributed by atoms with Gasteiger partial charge < -0.3 is 15.3 Å². The van der Waals surface area contributed by atoms with Crippen LogP contribution in [0.1, 0.15) is 29.7 Å². The molecule has 0 saturated heterocycles. The van der Waals surface area contributed by atoms with E-state index in [1.54, 1.807) is 7.05 Å². The van der Waals surface area contributed by atoms with Crippen LogP contribution in [0.3, 0.4) is 0 Å². The maximum Gasteiger partial charge on any atom is 0.289 e. The molecule has 27 heavy (non-hydrogen) atoms. The second kappa shape index (κ2) is 7.27. The van der Waals surface area contributed by atoms with Crippen molar-refractivity contribution in [2.24, 2.45) is 0 Å². The third kappa shape index (κ3) is 3.58. The lowest BCUT2D eigenvalue weighted by molar-refractivity contribution is -0.126. The Morgan fingerprint density at radius 2 is 1.78 bits per heavy atom. The molecule has 0 unspecified atom stereocenters. The molecule has 2 aromatic carbocycles. The Balaban J connectivity index is 1.83. The fourth-order valence-electron chi connectivity index (χ4n) is 3.47. The van der Waals surface area contributed by atoms with Gasteiger partial charge in [-0.2, -0.15) is 0 Å². The fraction of sp³-hybridized carbons (Fsp3) is 0.273. The number of nitrogens with one attached hydrogen (secondary N) is 1. The smallest absolute Gasteiger partial charge is 0.289 e. The summed E-state index contributed by atoms with van der Waals surface area (Å²) in [6.07, 6.45) is 0. The Morgan fingerprint density at radius 3 is 2.37 bits per heavy atom. The summed E-state index contributed by atoms with van der Waals surface area (Å²) in [6.45, 7) is 6.18. The van der Waals surface area contributed by atoms with Gasteiger partial charge in [0.25, 0.3) is 11.8 Å². The van der Waals surface area contributed by atoms with Gasteiger partial charge in [0.2, 0.25) is 0 Å². The van der Waals surface area contributed by atoms with E-state index >= 15 is 0 Å². The Bertz CT molecular complexity index is 926. The molecule has 3 rings (SSSR count). The molecule has 140 valence electrons. The highest BCUT2D eigenvalue weighted by atomic mass is 16.3. The minimum atomic E-state index is -0.523. The van der Waals surface area contributed by atoms with E-state index in [0.29, 0.717) is 0 Å². The summed E-state index contributed by atoms with van der Waals surface area (Å²) < 4.78 is 0. The highest BCUT2D eigenvalue weighted by molar-refractivity contribution is 6.06. The number of amides is 2. The molecule has 2 amide bonds. The maximum atomic E-state index is 12.5. The van der Waals surface area contributed by atoms with Crippen LogP contribution in [0.15, 0.2) is 53.8 Å². The topological polar surface area (TPSA) is 69.6 Å². The number of benzene rings is 2. The molecule has 2 N–H and O–H groups in total. The molecule has 1 atom stereocenters. The maximum absolute atomic E-state index is 12.5. The molecule has 0 radical (unpaired) electrons. The second-order valence-corrected chi connectivity index (χ2v) is 7.08. The lowest BCUT2D eigenvalue weighted by Gasteiger charge is -2.17. The number of aliphatic hydroxyl groups is 1. The molecule has 5 nitrogen and oxygen atoms in total. The van der Waals surface area contributed by atoms with Gasteiger partial charge in [-0.15, -0.1) is 0 Å². The first-order valence-corrected chi connectivity index (χ1v) is 8.94. The zero-order valence-electron chi connectivity index (χ0n) is 16.0. The first kappa shape index (κ1) is 18.7. The van der Waals surface area contributed by atoms with Crippen molar-refractivity contribution in [3.8, 4) is 11.1 Å². The fourth-order valence-corrected chi connectivity index (χ4v) is 3.47. The number of rotatable bonds is 4. The lowest BCUT2D eigenvalue weighted by Crippen LogP contribution is -2.30. The van der Waals surface area contributed by atoms with E-state index in [4.69, 9.17) is 0 Å². The van der Waals surface area contributed by atoms with Crippen LogP contribution >= 0.6 is 0 Å². The molecule has 5 heteroatoms. The summed E-state index contributed by atoms with van der Waals surface area (Å²) in [7, 11) is 1.55. The molecule has 1 heterocycles. The number of carbonyl (C=O) groups excluding carboxylic acids is 2. The molecule has 0 bridgehead atoms. The minimum absolute atomic E-state index is 0.111. The van der Waals surface area contributed by atoms with Gasteiger partial charge >= 0.3 is 0 Å². The molecule has 1 aliphatic rings. The normalized spacial score (nSPS) is 15.3. The summed E-state index contributed by atoms with van der Waals surface area (Å²) in [4.78, 5) is 25.5. The summed E-state index contributed by atoms with van der Waals surface area (Å²) in [5.74, 6) is -1.41. The van der Waals surface area contributed by atoms with Crippen molar-refractivity contribution >= 4 is 11.8 Å². The zero-order valence-corrected chi connectivity index (χ0v) is 16.0. The molecule has 1 aliphatic heterocycles. The third-order valence-corrected chi connectivity index (χ3v) is 5.01. The summed E-state index contributed by atoms with van der Waals surface area (Å²) in [6, 6.07) is 14.0. The Kier molecular flexibility index (Phi) is 5.04. The van der Waals surface area contributed by atoms with Crippen LogP contribution in [0.25, 0.3) is 11.1 Å². The van der Waals surface area contributed by atoms with Gasteiger partial charge in [0.05, 0.1) is 18.2 Å². The van der Waals surface area contributed by atoms with Crippen LogP contribution in [0.4, 0.5) is 0 Å².